The molecular weight excluding hydrogens is 320 g/mol. The molecule has 0 radical (unpaired) electrons. The summed E-state index contributed by atoms with van der Waals surface area (Å²) < 4.78 is 11.0. The van der Waals surface area contributed by atoms with E-state index in [9.17, 15) is 14.7 Å². The van der Waals surface area contributed by atoms with E-state index in [4.69, 9.17) is 9.47 Å². The number of aromatic hydroxyl groups is 1. The quantitative estimate of drug-likeness (QED) is 0.666. The molecule has 5 nitrogen and oxygen atoms in total. The summed E-state index contributed by atoms with van der Waals surface area (Å²) in [4.78, 5) is 24.8. The summed E-state index contributed by atoms with van der Waals surface area (Å²) in [6.07, 6.45) is 0. The van der Waals surface area contributed by atoms with Crippen LogP contribution in [0.25, 0.3) is 0 Å². The Kier molecular flexibility index (Phi) is 4.25. The third-order valence-electron chi connectivity index (χ3n) is 4.05. The maximum absolute atomic E-state index is 12.8. The Balaban J connectivity index is 1.91. The molecule has 0 aliphatic carbocycles. The van der Waals surface area contributed by atoms with Gasteiger partial charge in [-0.1, -0.05) is 30.3 Å². The van der Waals surface area contributed by atoms with Crippen molar-refractivity contribution in [2.75, 3.05) is 6.61 Å². The third kappa shape index (κ3) is 3.36. The van der Waals surface area contributed by atoms with Crippen molar-refractivity contribution in [1.82, 2.24) is 0 Å². The summed E-state index contributed by atoms with van der Waals surface area (Å²) >= 11 is 0. The van der Waals surface area contributed by atoms with E-state index in [0.29, 0.717) is 0 Å². The van der Waals surface area contributed by atoms with Crippen LogP contribution in [-0.2, 0) is 4.79 Å². The van der Waals surface area contributed by atoms with Crippen molar-refractivity contribution >= 4 is 11.8 Å². The minimum absolute atomic E-state index is 0.121. The number of ether oxygens (including phenoxy) is 2. The molecule has 1 unspecified atom stereocenters. The predicted molar refractivity (Wildman–Crippen MR) is 92.2 cm³/mol. The first-order chi connectivity index (χ1) is 11.8. The average Bonchev–Trinajstić information content (AvgIpc) is 2.54. The molecule has 0 saturated carbocycles. The SMILES string of the molecule is CC(C)(C)C(=O)Oc1cc(O)c2c(c1)OCC(c1ccccc1)C2=O. The predicted octanol–water partition coefficient (Wildman–Crippen LogP) is 3.70. The Morgan fingerprint density at radius 1 is 1.20 bits per heavy atom. The van der Waals surface area contributed by atoms with Gasteiger partial charge < -0.3 is 14.6 Å². The van der Waals surface area contributed by atoms with Gasteiger partial charge in [-0.3, -0.25) is 9.59 Å². The van der Waals surface area contributed by atoms with E-state index in [-0.39, 0.29) is 35.2 Å². The van der Waals surface area contributed by atoms with Crippen molar-refractivity contribution in [2.45, 2.75) is 26.7 Å². The van der Waals surface area contributed by atoms with E-state index >= 15 is 0 Å². The summed E-state index contributed by atoms with van der Waals surface area (Å²) in [6, 6.07) is 12.0. The fourth-order valence-electron chi connectivity index (χ4n) is 2.61. The molecule has 0 aromatic heterocycles. The van der Waals surface area contributed by atoms with E-state index in [0.717, 1.165) is 5.56 Å². The Morgan fingerprint density at radius 3 is 2.52 bits per heavy atom. The van der Waals surface area contributed by atoms with Crippen molar-refractivity contribution in [2.24, 2.45) is 5.41 Å². The molecule has 25 heavy (non-hydrogen) atoms. The number of hydrogen-bond donors (Lipinski definition) is 1. The molecule has 5 heteroatoms. The van der Waals surface area contributed by atoms with Gasteiger partial charge in [0.2, 0.25) is 0 Å². The van der Waals surface area contributed by atoms with E-state index in [1.165, 1.54) is 12.1 Å². The molecular formula is C20H20O5. The lowest BCUT2D eigenvalue weighted by Crippen LogP contribution is -2.27. The minimum atomic E-state index is -0.680. The number of carbonyl (C=O) groups excluding carboxylic acids is 2. The molecule has 1 N–H and O–H groups in total. The van der Waals surface area contributed by atoms with Crippen LogP contribution in [-0.4, -0.2) is 23.5 Å². The monoisotopic (exact) mass is 340 g/mol. The lowest BCUT2D eigenvalue weighted by Gasteiger charge is -2.25. The number of benzene rings is 2. The van der Waals surface area contributed by atoms with Gasteiger partial charge in [0.1, 0.15) is 29.4 Å². The second kappa shape index (κ2) is 6.24. The summed E-state index contributed by atoms with van der Waals surface area (Å²) in [5.74, 6) is -0.978. The first-order valence-corrected chi connectivity index (χ1v) is 8.08. The van der Waals surface area contributed by atoms with Crippen LogP contribution in [0.2, 0.25) is 0 Å². The van der Waals surface area contributed by atoms with Gasteiger partial charge in [-0.25, -0.2) is 0 Å². The van der Waals surface area contributed by atoms with Crippen LogP contribution in [0, 0.1) is 5.41 Å². The van der Waals surface area contributed by atoms with Crippen molar-refractivity contribution in [3.63, 3.8) is 0 Å². The molecule has 3 rings (SSSR count). The van der Waals surface area contributed by atoms with Crippen LogP contribution in [0.4, 0.5) is 0 Å². The number of phenols is 1. The van der Waals surface area contributed by atoms with Gasteiger partial charge in [0, 0.05) is 12.1 Å². The molecule has 1 aliphatic heterocycles. The zero-order valence-electron chi connectivity index (χ0n) is 14.4. The van der Waals surface area contributed by atoms with Gasteiger partial charge in [0.25, 0.3) is 0 Å². The summed E-state index contributed by atoms with van der Waals surface area (Å²) in [7, 11) is 0. The Morgan fingerprint density at radius 2 is 1.88 bits per heavy atom. The highest BCUT2D eigenvalue weighted by atomic mass is 16.5. The molecule has 2 aromatic rings. The third-order valence-corrected chi connectivity index (χ3v) is 4.05. The van der Waals surface area contributed by atoms with Gasteiger partial charge in [-0.15, -0.1) is 0 Å². The number of Topliss-reactive ketones (excluding diaryl/α,β-unsaturated/α-hetero) is 1. The normalized spacial score (nSPS) is 16.8. The van der Waals surface area contributed by atoms with Gasteiger partial charge in [0.05, 0.1) is 11.3 Å². The molecule has 1 aliphatic rings. The van der Waals surface area contributed by atoms with Crippen molar-refractivity contribution in [3.05, 3.63) is 53.6 Å². The standard InChI is InChI=1S/C20H20O5/c1-20(2,3)19(23)25-13-9-15(21)17-16(10-13)24-11-14(18(17)22)12-7-5-4-6-8-12/h4-10,14,21H,11H2,1-3H3. The van der Waals surface area contributed by atoms with E-state index in [1.807, 2.05) is 30.3 Å². The average molecular weight is 340 g/mol. The zero-order chi connectivity index (χ0) is 18.2. The Labute approximate surface area is 146 Å². The van der Waals surface area contributed by atoms with E-state index < -0.39 is 17.3 Å². The van der Waals surface area contributed by atoms with Gasteiger partial charge in [-0.05, 0) is 26.3 Å². The second-order valence-corrected chi connectivity index (χ2v) is 7.09. The topological polar surface area (TPSA) is 72.8 Å². The van der Waals surface area contributed by atoms with Crippen LogP contribution < -0.4 is 9.47 Å². The number of phenolic OH excluding ortho intramolecular Hbond substituents is 1. The molecule has 0 bridgehead atoms. The van der Waals surface area contributed by atoms with Gasteiger partial charge in [0.15, 0.2) is 5.78 Å². The molecule has 1 atom stereocenters. The minimum Gasteiger partial charge on any atom is -0.507 e. The molecule has 0 saturated heterocycles. The van der Waals surface area contributed by atoms with Crippen LogP contribution >= 0.6 is 0 Å². The molecule has 0 fully saturated rings. The largest absolute Gasteiger partial charge is 0.507 e. The van der Waals surface area contributed by atoms with Crippen molar-refractivity contribution in [3.8, 4) is 17.2 Å². The van der Waals surface area contributed by atoms with E-state index in [1.54, 1.807) is 20.8 Å². The number of rotatable bonds is 2. The maximum Gasteiger partial charge on any atom is 0.316 e. The first-order valence-electron chi connectivity index (χ1n) is 8.08. The van der Waals surface area contributed by atoms with Gasteiger partial charge >= 0.3 is 5.97 Å². The lowest BCUT2D eigenvalue weighted by molar-refractivity contribution is -0.143. The lowest BCUT2D eigenvalue weighted by atomic mass is 9.88. The summed E-state index contributed by atoms with van der Waals surface area (Å²) in [5, 5.41) is 10.3. The highest BCUT2D eigenvalue weighted by molar-refractivity contribution is 6.06. The van der Waals surface area contributed by atoms with Crippen molar-refractivity contribution < 1.29 is 24.2 Å². The smallest absolute Gasteiger partial charge is 0.316 e. The maximum atomic E-state index is 12.8. The van der Waals surface area contributed by atoms with Crippen molar-refractivity contribution in [1.29, 1.82) is 0 Å². The van der Waals surface area contributed by atoms with Crippen LogP contribution in [0.15, 0.2) is 42.5 Å². The Hall–Kier alpha value is -2.82. The highest BCUT2D eigenvalue weighted by Crippen LogP contribution is 2.40. The molecule has 2 aromatic carbocycles. The molecule has 0 spiro atoms. The number of ketones is 1. The zero-order valence-corrected chi connectivity index (χ0v) is 14.4. The Bertz CT molecular complexity index is 818. The van der Waals surface area contributed by atoms with E-state index in [2.05, 4.69) is 0 Å². The fourth-order valence-corrected chi connectivity index (χ4v) is 2.61. The number of carbonyl (C=O) groups is 2. The summed E-state index contributed by atoms with van der Waals surface area (Å²) in [6.45, 7) is 5.38. The summed E-state index contributed by atoms with van der Waals surface area (Å²) in [5.41, 5.74) is 0.275. The number of fused-ring (bicyclic) bond motifs is 1. The van der Waals surface area contributed by atoms with Crippen LogP contribution in [0.1, 0.15) is 42.6 Å². The number of esters is 1. The van der Waals surface area contributed by atoms with Crippen LogP contribution in [0.5, 0.6) is 17.2 Å². The second-order valence-electron chi connectivity index (χ2n) is 7.09. The van der Waals surface area contributed by atoms with Gasteiger partial charge in [-0.2, -0.15) is 0 Å². The highest BCUT2D eigenvalue weighted by Gasteiger charge is 2.33. The first kappa shape index (κ1) is 17.0. The van der Waals surface area contributed by atoms with Crippen LogP contribution in [0.3, 0.4) is 0 Å². The molecule has 1 heterocycles. The number of hydrogen-bond acceptors (Lipinski definition) is 5. The fraction of sp³-hybridized carbons (Fsp3) is 0.300. The molecule has 0 amide bonds. The molecule has 130 valence electrons.